The number of nitrogens with zero attached hydrogens (tertiary/aromatic N) is 1. The molecule has 7 heteroatoms. The molecule has 0 aliphatic carbocycles. The molecule has 0 saturated carbocycles. The highest BCUT2D eigenvalue weighted by atomic mass is 16.7. The van der Waals surface area contributed by atoms with Crippen LogP contribution in [-0.4, -0.2) is 20.5 Å². The first-order chi connectivity index (χ1) is 13.7. The minimum absolute atomic E-state index is 0.0600. The summed E-state index contributed by atoms with van der Waals surface area (Å²) in [5.41, 5.74) is 7.92. The Morgan fingerprint density at radius 3 is 2.71 bits per heavy atom. The quantitative estimate of drug-likeness (QED) is 0.798. The molecule has 2 heterocycles. The Morgan fingerprint density at radius 1 is 1.21 bits per heavy atom. The Labute approximate surface area is 162 Å². The van der Waals surface area contributed by atoms with Gasteiger partial charge >= 0.3 is 0 Å². The smallest absolute Gasteiger partial charge is 0.231 e. The van der Waals surface area contributed by atoms with Crippen molar-refractivity contribution in [3.63, 3.8) is 0 Å². The first-order valence-corrected chi connectivity index (χ1v) is 8.59. The zero-order chi connectivity index (χ0) is 19.7. The number of rotatable bonds is 5. The van der Waals surface area contributed by atoms with E-state index in [1.807, 2.05) is 18.2 Å². The fourth-order valence-corrected chi connectivity index (χ4v) is 3.32. The third-order valence-corrected chi connectivity index (χ3v) is 4.59. The standard InChI is InChI=1S/C21H18N2O5/c1-3-6-25-15-5-4-12(7-17(15)24-2)20-13-8-18-19(27-11-26-18)9-16(13)28-21(23)14(20)10-22/h3-5,7-9,20H,1,6,11,23H2,2H3. The molecule has 0 aromatic heterocycles. The molecule has 0 spiro atoms. The van der Waals surface area contributed by atoms with Crippen molar-refractivity contribution in [2.24, 2.45) is 5.73 Å². The number of nitriles is 1. The first-order valence-electron chi connectivity index (χ1n) is 8.59. The van der Waals surface area contributed by atoms with Gasteiger partial charge in [-0.2, -0.15) is 5.26 Å². The molecule has 0 amide bonds. The average Bonchev–Trinajstić information content (AvgIpc) is 3.17. The lowest BCUT2D eigenvalue weighted by Gasteiger charge is -2.27. The van der Waals surface area contributed by atoms with Gasteiger partial charge in [-0.1, -0.05) is 18.7 Å². The topological polar surface area (TPSA) is 96.0 Å². The molecular formula is C21H18N2O5. The highest BCUT2D eigenvalue weighted by Crippen LogP contribution is 2.48. The summed E-state index contributed by atoms with van der Waals surface area (Å²) in [6.07, 6.45) is 1.65. The molecule has 2 aromatic rings. The van der Waals surface area contributed by atoms with Crippen LogP contribution in [0.2, 0.25) is 0 Å². The Balaban J connectivity index is 1.84. The molecule has 28 heavy (non-hydrogen) atoms. The van der Waals surface area contributed by atoms with Crippen LogP contribution in [-0.2, 0) is 0 Å². The molecule has 0 fully saturated rings. The summed E-state index contributed by atoms with van der Waals surface area (Å²) in [5, 5.41) is 9.72. The summed E-state index contributed by atoms with van der Waals surface area (Å²) in [6, 6.07) is 11.2. The van der Waals surface area contributed by atoms with Gasteiger partial charge in [0.25, 0.3) is 0 Å². The minimum Gasteiger partial charge on any atom is -0.493 e. The minimum atomic E-state index is -0.439. The summed E-state index contributed by atoms with van der Waals surface area (Å²) in [5.74, 6) is 2.45. The Morgan fingerprint density at radius 2 is 2.00 bits per heavy atom. The Hall–Kier alpha value is -3.79. The number of ether oxygens (including phenoxy) is 5. The lowest BCUT2D eigenvalue weighted by atomic mass is 9.83. The fraction of sp³-hybridized carbons (Fsp3) is 0.190. The number of hydrogen-bond acceptors (Lipinski definition) is 7. The van der Waals surface area contributed by atoms with Crippen LogP contribution in [0.3, 0.4) is 0 Å². The van der Waals surface area contributed by atoms with E-state index in [9.17, 15) is 5.26 Å². The van der Waals surface area contributed by atoms with Crippen molar-refractivity contribution in [3.8, 4) is 34.8 Å². The van der Waals surface area contributed by atoms with Gasteiger partial charge in [0.2, 0.25) is 12.7 Å². The number of hydrogen-bond donors (Lipinski definition) is 1. The third-order valence-electron chi connectivity index (χ3n) is 4.59. The summed E-state index contributed by atoms with van der Waals surface area (Å²) in [4.78, 5) is 0. The largest absolute Gasteiger partial charge is 0.493 e. The van der Waals surface area contributed by atoms with Crippen molar-refractivity contribution >= 4 is 0 Å². The second-order valence-electron chi connectivity index (χ2n) is 6.18. The zero-order valence-electron chi connectivity index (χ0n) is 15.2. The number of benzene rings is 2. The molecule has 0 bridgehead atoms. The van der Waals surface area contributed by atoms with Gasteiger partial charge in [-0.3, -0.25) is 0 Å². The van der Waals surface area contributed by atoms with E-state index in [1.54, 1.807) is 25.3 Å². The van der Waals surface area contributed by atoms with Gasteiger partial charge in [-0.15, -0.1) is 0 Å². The van der Waals surface area contributed by atoms with Gasteiger partial charge in [0.15, 0.2) is 23.0 Å². The van der Waals surface area contributed by atoms with Crippen molar-refractivity contribution in [2.75, 3.05) is 20.5 Å². The van der Waals surface area contributed by atoms with E-state index in [4.69, 9.17) is 29.4 Å². The van der Waals surface area contributed by atoms with Crippen LogP contribution in [0.25, 0.3) is 0 Å². The van der Waals surface area contributed by atoms with Crippen molar-refractivity contribution < 1.29 is 23.7 Å². The molecule has 142 valence electrons. The normalized spacial score (nSPS) is 16.6. The molecule has 2 N–H and O–H groups in total. The maximum atomic E-state index is 9.72. The number of methoxy groups -OCH3 is 1. The third kappa shape index (κ3) is 2.85. The van der Waals surface area contributed by atoms with Crippen LogP contribution in [0.4, 0.5) is 0 Å². The van der Waals surface area contributed by atoms with Crippen molar-refractivity contribution in [2.45, 2.75) is 5.92 Å². The van der Waals surface area contributed by atoms with Crippen LogP contribution in [0, 0.1) is 11.3 Å². The first kappa shape index (κ1) is 17.6. The van der Waals surface area contributed by atoms with Gasteiger partial charge in [-0.25, -0.2) is 0 Å². The van der Waals surface area contributed by atoms with Gasteiger partial charge in [0.1, 0.15) is 24.0 Å². The number of fused-ring (bicyclic) bond motifs is 2. The molecule has 1 atom stereocenters. The molecule has 0 radical (unpaired) electrons. The lowest BCUT2D eigenvalue weighted by Crippen LogP contribution is -2.21. The van der Waals surface area contributed by atoms with E-state index >= 15 is 0 Å². The summed E-state index contributed by atoms with van der Waals surface area (Å²) >= 11 is 0. The maximum absolute atomic E-state index is 9.72. The van der Waals surface area contributed by atoms with Crippen LogP contribution in [0.1, 0.15) is 17.0 Å². The highest BCUT2D eigenvalue weighted by molar-refractivity contribution is 5.62. The van der Waals surface area contributed by atoms with Gasteiger partial charge in [-0.05, 0) is 23.8 Å². The second kappa shape index (κ2) is 7.08. The van der Waals surface area contributed by atoms with Gasteiger partial charge < -0.3 is 29.4 Å². The highest BCUT2D eigenvalue weighted by Gasteiger charge is 2.33. The molecule has 2 aliphatic rings. The van der Waals surface area contributed by atoms with Crippen molar-refractivity contribution in [1.29, 1.82) is 5.26 Å². The van der Waals surface area contributed by atoms with E-state index in [1.165, 1.54) is 0 Å². The van der Waals surface area contributed by atoms with E-state index in [0.717, 1.165) is 11.1 Å². The van der Waals surface area contributed by atoms with Crippen LogP contribution in [0.15, 0.2) is 54.4 Å². The predicted octanol–water partition coefficient (Wildman–Crippen LogP) is 3.21. The predicted molar refractivity (Wildman–Crippen MR) is 101 cm³/mol. The molecule has 7 nitrogen and oxygen atoms in total. The SMILES string of the molecule is C=CCOc1ccc(C2C(C#N)=C(N)Oc3cc4c(cc32)OCO4)cc1OC. The average molecular weight is 378 g/mol. The van der Waals surface area contributed by atoms with Crippen molar-refractivity contribution in [1.82, 2.24) is 0 Å². The van der Waals surface area contributed by atoms with E-state index in [0.29, 0.717) is 40.9 Å². The fourth-order valence-electron chi connectivity index (χ4n) is 3.32. The molecule has 0 saturated heterocycles. The van der Waals surface area contributed by atoms with Crippen LogP contribution in [0.5, 0.6) is 28.7 Å². The Kier molecular flexibility index (Phi) is 4.45. The maximum Gasteiger partial charge on any atom is 0.231 e. The van der Waals surface area contributed by atoms with Gasteiger partial charge in [0, 0.05) is 11.6 Å². The van der Waals surface area contributed by atoms with E-state index in [2.05, 4.69) is 12.6 Å². The lowest BCUT2D eigenvalue weighted by molar-refractivity contribution is 0.174. The second-order valence-corrected chi connectivity index (χ2v) is 6.18. The monoisotopic (exact) mass is 378 g/mol. The number of allylic oxidation sites excluding steroid dienone is 1. The van der Waals surface area contributed by atoms with Crippen LogP contribution < -0.4 is 29.4 Å². The molecular weight excluding hydrogens is 360 g/mol. The van der Waals surface area contributed by atoms with Crippen molar-refractivity contribution in [3.05, 3.63) is 65.6 Å². The van der Waals surface area contributed by atoms with Gasteiger partial charge in [0.05, 0.1) is 13.0 Å². The van der Waals surface area contributed by atoms with Crippen LogP contribution >= 0.6 is 0 Å². The zero-order valence-corrected chi connectivity index (χ0v) is 15.2. The Bertz CT molecular complexity index is 1020. The molecule has 2 aromatic carbocycles. The molecule has 4 rings (SSSR count). The summed E-state index contributed by atoms with van der Waals surface area (Å²) in [7, 11) is 1.56. The summed E-state index contributed by atoms with van der Waals surface area (Å²) in [6.45, 7) is 4.14. The number of nitrogens with two attached hydrogens (primary N) is 1. The van der Waals surface area contributed by atoms with E-state index in [-0.39, 0.29) is 12.7 Å². The summed E-state index contributed by atoms with van der Waals surface area (Å²) < 4.78 is 27.7. The molecule has 1 unspecified atom stereocenters. The molecule has 2 aliphatic heterocycles. The van der Waals surface area contributed by atoms with E-state index < -0.39 is 5.92 Å².